The first-order valence-corrected chi connectivity index (χ1v) is 9.75. The molecule has 0 spiro atoms. The molecule has 0 unspecified atom stereocenters. The average Bonchev–Trinajstić information content (AvgIpc) is 3.03. The largest absolute Gasteiger partial charge is 0.381 e. The van der Waals surface area contributed by atoms with Gasteiger partial charge in [-0.3, -0.25) is 9.59 Å². The number of rotatable bonds is 6. The molecule has 2 heterocycles. The molecular weight excluding hydrogens is 328 g/mol. The zero-order valence-electron chi connectivity index (χ0n) is 15.9. The first-order valence-electron chi connectivity index (χ1n) is 9.75. The average molecular weight is 358 g/mol. The Hall–Kier alpha value is -1.88. The van der Waals surface area contributed by atoms with Crippen molar-refractivity contribution in [1.29, 1.82) is 0 Å². The molecule has 26 heavy (non-hydrogen) atoms. The maximum atomic E-state index is 12.8. The maximum absolute atomic E-state index is 12.8. The van der Waals surface area contributed by atoms with Crippen LogP contribution in [-0.2, 0) is 27.3 Å². The van der Waals surface area contributed by atoms with Gasteiger partial charge in [0.1, 0.15) is 0 Å². The minimum atomic E-state index is -0.206. The standard InChI is InChI=1S/C21H30N2O3/c1-3-16-4-6-17(7-5-16)14-23-15-19(12-20(23)24)21(25)22(2)13-18-8-10-26-11-9-18/h4-7,18-19H,3,8-15H2,1-2H3/t19-/m0/s1. The van der Waals surface area contributed by atoms with E-state index in [9.17, 15) is 9.59 Å². The third-order valence-electron chi connectivity index (χ3n) is 5.62. The number of amides is 2. The van der Waals surface area contributed by atoms with Gasteiger partial charge in [-0.2, -0.15) is 0 Å². The molecule has 5 heteroatoms. The highest BCUT2D eigenvalue weighted by molar-refractivity contribution is 5.89. The van der Waals surface area contributed by atoms with Crippen LogP contribution in [0.15, 0.2) is 24.3 Å². The molecular formula is C21H30N2O3. The van der Waals surface area contributed by atoms with Gasteiger partial charge in [-0.1, -0.05) is 31.2 Å². The van der Waals surface area contributed by atoms with Crippen LogP contribution in [0.25, 0.3) is 0 Å². The van der Waals surface area contributed by atoms with E-state index in [1.54, 1.807) is 0 Å². The van der Waals surface area contributed by atoms with Gasteiger partial charge in [0.2, 0.25) is 11.8 Å². The summed E-state index contributed by atoms with van der Waals surface area (Å²) in [5.74, 6) is 0.501. The van der Waals surface area contributed by atoms with Crippen molar-refractivity contribution in [2.24, 2.45) is 11.8 Å². The van der Waals surface area contributed by atoms with Crippen LogP contribution < -0.4 is 0 Å². The van der Waals surface area contributed by atoms with E-state index < -0.39 is 0 Å². The summed E-state index contributed by atoms with van der Waals surface area (Å²) in [5, 5.41) is 0. The zero-order valence-corrected chi connectivity index (χ0v) is 15.9. The highest BCUT2D eigenvalue weighted by Crippen LogP contribution is 2.23. The molecule has 2 fully saturated rings. The number of aryl methyl sites for hydroxylation is 1. The molecule has 1 aromatic carbocycles. The second-order valence-corrected chi connectivity index (χ2v) is 7.62. The summed E-state index contributed by atoms with van der Waals surface area (Å²) in [6.45, 7) is 5.61. The predicted molar refractivity (Wildman–Crippen MR) is 101 cm³/mol. The van der Waals surface area contributed by atoms with Crippen LogP contribution in [0.3, 0.4) is 0 Å². The Bertz CT molecular complexity index is 623. The molecule has 5 nitrogen and oxygen atoms in total. The fourth-order valence-electron chi connectivity index (χ4n) is 3.91. The molecule has 0 bridgehead atoms. The van der Waals surface area contributed by atoms with Gasteiger partial charge < -0.3 is 14.5 Å². The lowest BCUT2D eigenvalue weighted by atomic mass is 9.99. The molecule has 142 valence electrons. The van der Waals surface area contributed by atoms with Gasteiger partial charge in [0.05, 0.1) is 5.92 Å². The Labute approximate surface area is 156 Å². The topological polar surface area (TPSA) is 49.9 Å². The van der Waals surface area contributed by atoms with E-state index in [1.807, 2.05) is 16.8 Å². The van der Waals surface area contributed by atoms with E-state index in [0.29, 0.717) is 25.4 Å². The third kappa shape index (κ3) is 4.64. The van der Waals surface area contributed by atoms with Crippen molar-refractivity contribution in [3.63, 3.8) is 0 Å². The maximum Gasteiger partial charge on any atom is 0.227 e. The van der Waals surface area contributed by atoms with E-state index in [0.717, 1.165) is 44.6 Å². The Kier molecular flexibility index (Phi) is 6.30. The number of carbonyl (C=O) groups is 2. The van der Waals surface area contributed by atoms with Crippen LogP contribution in [0, 0.1) is 11.8 Å². The molecule has 1 aromatic rings. The van der Waals surface area contributed by atoms with Crippen LogP contribution in [0.5, 0.6) is 0 Å². The van der Waals surface area contributed by atoms with Crippen molar-refractivity contribution in [3.8, 4) is 0 Å². The van der Waals surface area contributed by atoms with E-state index in [4.69, 9.17) is 4.74 Å². The summed E-state index contributed by atoms with van der Waals surface area (Å²) in [6.07, 6.45) is 3.38. The zero-order chi connectivity index (χ0) is 18.5. The predicted octanol–water partition coefficient (Wildman–Crippen LogP) is 2.48. The number of benzene rings is 1. The van der Waals surface area contributed by atoms with Gasteiger partial charge in [0.25, 0.3) is 0 Å². The van der Waals surface area contributed by atoms with Crippen molar-refractivity contribution >= 4 is 11.8 Å². The summed E-state index contributed by atoms with van der Waals surface area (Å²) < 4.78 is 5.39. The van der Waals surface area contributed by atoms with Gasteiger partial charge in [0, 0.05) is 46.3 Å². The van der Waals surface area contributed by atoms with Gasteiger partial charge in [-0.15, -0.1) is 0 Å². The third-order valence-corrected chi connectivity index (χ3v) is 5.62. The fourth-order valence-corrected chi connectivity index (χ4v) is 3.91. The van der Waals surface area contributed by atoms with Crippen molar-refractivity contribution in [2.45, 2.75) is 39.2 Å². The number of nitrogens with zero attached hydrogens (tertiary/aromatic N) is 2. The Morgan fingerprint density at radius 3 is 2.50 bits per heavy atom. The van der Waals surface area contributed by atoms with E-state index in [2.05, 4.69) is 31.2 Å². The molecule has 0 saturated carbocycles. The van der Waals surface area contributed by atoms with Gasteiger partial charge in [0.15, 0.2) is 0 Å². The van der Waals surface area contributed by atoms with Crippen LogP contribution in [0.4, 0.5) is 0 Å². The first kappa shape index (κ1) is 18.9. The van der Waals surface area contributed by atoms with E-state index >= 15 is 0 Å². The van der Waals surface area contributed by atoms with Gasteiger partial charge in [-0.25, -0.2) is 0 Å². The Morgan fingerprint density at radius 1 is 1.19 bits per heavy atom. The Morgan fingerprint density at radius 2 is 1.85 bits per heavy atom. The normalized spacial score (nSPS) is 21.2. The number of carbonyl (C=O) groups excluding carboxylic acids is 2. The molecule has 0 aromatic heterocycles. The summed E-state index contributed by atoms with van der Waals surface area (Å²) in [7, 11) is 1.87. The number of likely N-dealkylation sites (tertiary alicyclic amines) is 1. The molecule has 1 atom stereocenters. The van der Waals surface area contributed by atoms with Crippen LogP contribution in [0.2, 0.25) is 0 Å². The lowest BCUT2D eigenvalue weighted by Gasteiger charge is -2.28. The van der Waals surface area contributed by atoms with Crippen molar-refractivity contribution < 1.29 is 14.3 Å². The van der Waals surface area contributed by atoms with Crippen LogP contribution >= 0.6 is 0 Å². The lowest BCUT2D eigenvalue weighted by molar-refractivity contribution is -0.135. The van der Waals surface area contributed by atoms with Crippen LogP contribution in [-0.4, -0.2) is 55.0 Å². The molecule has 0 N–H and O–H groups in total. The summed E-state index contributed by atoms with van der Waals surface area (Å²) >= 11 is 0. The molecule has 2 saturated heterocycles. The second kappa shape index (κ2) is 8.67. The molecule has 3 rings (SSSR count). The fraction of sp³-hybridized carbons (Fsp3) is 0.619. The minimum Gasteiger partial charge on any atom is -0.381 e. The summed E-state index contributed by atoms with van der Waals surface area (Å²) in [5.41, 5.74) is 2.42. The highest BCUT2D eigenvalue weighted by Gasteiger charge is 2.36. The molecule has 2 aliphatic heterocycles. The summed E-state index contributed by atoms with van der Waals surface area (Å²) in [4.78, 5) is 28.8. The van der Waals surface area contributed by atoms with Crippen molar-refractivity contribution in [3.05, 3.63) is 35.4 Å². The number of hydrogen-bond acceptors (Lipinski definition) is 3. The smallest absolute Gasteiger partial charge is 0.227 e. The first-order chi connectivity index (χ1) is 12.6. The monoisotopic (exact) mass is 358 g/mol. The van der Waals surface area contributed by atoms with Gasteiger partial charge in [-0.05, 0) is 36.3 Å². The van der Waals surface area contributed by atoms with Gasteiger partial charge >= 0.3 is 0 Å². The highest BCUT2D eigenvalue weighted by atomic mass is 16.5. The Balaban J connectivity index is 1.53. The number of hydrogen-bond donors (Lipinski definition) is 0. The van der Waals surface area contributed by atoms with Crippen molar-refractivity contribution in [1.82, 2.24) is 9.80 Å². The minimum absolute atomic E-state index is 0.0855. The molecule has 2 aliphatic rings. The second-order valence-electron chi connectivity index (χ2n) is 7.62. The quantitative estimate of drug-likeness (QED) is 0.785. The lowest BCUT2D eigenvalue weighted by Crippen LogP contribution is -2.38. The molecule has 0 radical (unpaired) electrons. The van der Waals surface area contributed by atoms with E-state index in [1.165, 1.54) is 5.56 Å². The summed E-state index contributed by atoms with van der Waals surface area (Å²) in [6, 6.07) is 8.39. The van der Waals surface area contributed by atoms with Crippen LogP contribution in [0.1, 0.15) is 37.3 Å². The van der Waals surface area contributed by atoms with E-state index in [-0.39, 0.29) is 17.7 Å². The number of ether oxygens (including phenoxy) is 1. The molecule has 2 amide bonds. The SMILES string of the molecule is CCc1ccc(CN2C[C@@H](C(=O)N(C)CC3CCOCC3)CC2=O)cc1. The molecule has 0 aliphatic carbocycles. The van der Waals surface area contributed by atoms with Crippen molar-refractivity contribution in [2.75, 3.05) is 33.4 Å².